The normalized spacial score (nSPS) is 47.1. The molecule has 5 atom stereocenters. The first-order valence-electron chi connectivity index (χ1n) is 4.92. The molecular formula is C8H15NO6. The minimum absolute atomic E-state index is 0.551. The van der Waals surface area contributed by atoms with Crippen LogP contribution in [-0.4, -0.2) is 63.6 Å². The van der Waals surface area contributed by atoms with E-state index in [2.05, 4.69) is 5.32 Å². The minimum atomic E-state index is -2.50. The standard InChI is InChI=1S/C8H15NO6/c1-3(11)9-5-7(13)6(12)4(2-10)15-8(5)14/h4-8,10,12-14H,2H2,1H3,(H,9,11)/t4-,5-,6+,7-,8?/m1/s1/i6D. The van der Waals surface area contributed by atoms with Crippen molar-refractivity contribution in [3.63, 3.8) is 0 Å². The topological polar surface area (TPSA) is 119 Å². The van der Waals surface area contributed by atoms with E-state index in [-0.39, 0.29) is 0 Å². The van der Waals surface area contributed by atoms with E-state index in [0.717, 1.165) is 6.92 Å². The average molecular weight is 222 g/mol. The number of hydrogen-bond donors (Lipinski definition) is 5. The van der Waals surface area contributed by atoms with Gasteiger partial charge in [0.2, 0.25) is 5.91 Å². The van der Waals surface area contributed by atoms with E-state index in [9.17, 15) is 20.1 Å². The summed E-state index contributed by atoms with van der Waals surface area (Å²) < 4.78 is 12.1. The molecule has 0 aromatic carbocycles. The van der Waals surface area contributed by atoms with Gasteiger partial charge < -0.3 is 30.5 Å². The Balaban J connectivity index is 2.86. The van der Waals surface area contributed by atoms with E-state index >= 15 is 0 Å². The molecule has 15 heavy (non-hydrogen) atoms. The van der Waals surface area contributed by atoms with Crippen molar-refractivity contribution in [2.45, 2.75) is 37.5 Å². The van der Waals surface area contributed by atoms with Crippen LogP contribution in [0.1, 0.15) is 8.29 Å². The molecule has 1 unspecified atom stereocenters. The number of carbonyl (C=O) groups excluding carboxylic acids is 1. The third kappa shape index (κ3) is 2.64. The van der Waals surface area contributed by atoms with Crippen molar-refractivity contribution in [3.8, 4) is 0 Å². The molecule has 0 radical (unpaired) electrons. The molecule has 88 valence electrons. The predicted molar refractivity (Wildman–Crippen MR) is 47.6 cm³/mol. The highest BCUT2D eigenvalue weighted by Gasteiger charge is 2.43. The number of hydrogen-bond acceptors (Lipinski definition) is 6. The molecule has 7 nitrogen and oxygen atoms in total. The van der Waals surface area contributed by atoms with Gasteiger partial charge in [-0.1, -0.05) is 0 Å². The van der Waals surface area contributed by atoms with E-state index in [4.69, 9.17) is 11.2 Å². The summed E-state index contributed by atoms with van der Waals surface area (Å²) in [6.07, 6.45) is -7.30. The summed E-state index contributed by atoms with van der Waals surface area (Å²) in [5.41, 5.74) is 0. The number of rotatable bonds is 2. The third-order valence-corrected chi connectivity index (χ3v) is 2.12. The van der Waals surface area contributed by atoms with Gasteiger partial charge in [-0.3, -0.25) is 4.79 Å². The van der Waals surface area contributed by atoms with Gasteiger partial charge in [0.15, 0.2) is 6.29 Å². The molecule has 1 fully saturated rings. The van der Waals surface area contributed by atoms with Crippen molar-refractivity contribution in [1.29, 1.82) is 0 Å². The van der Waals surface area contributed by atoms with E-state index in [1.165, 1.54) is 0 Å². The zero-order valence-corrected chi connectivity index (χ0v) is 8.12. The maximum atomic E-state index is 10.8. The molecule has 5 N–H and O–H groups in total. The van der Waals surface area contributed by atoms with Gasteiger partial charge in [0.05, 0.1) is 7.98 Å². The Morgan fingerprint density at radius 2 is 2.13 bits per heavy atom. The largest absolute Gasteiger partial charge is 0.394 e. The highest BCUT2D eigenvalue weighted by molar-refractivity contribution is 5.73. The van der Waals surface area contributed by atoms with Crippen LogP contribution in [0.3, 0.4) is 0 Å². The molecule has 1 rings (SSSR count). The molecule has 0 spiro atoms. The van der Waals surface area contributed by atoms with Crippen LogP contribution >= 0.6 is 0 Å². The van der Waals surface area contributed by atoms with Crippen LogP contribution < -0.4 is 5.32 Å². The Kier molecular flexibility index (Phi) is 3.49. The van der Waals surface area contributed by atoms with Crippen molar-refractivity contribution >= 4 is 5.91 Å². The van der Waals surface area contributed by atoms with Crippen LogP contribution in [0, 0.1) is 0 Å². The Labute approximate surface area is 87.7 Å². The van der Waals surface area contributed by atoms with Crippen molar-refractivity contribution in [2.75, 3.05) is 6.61 Å². The van der Waals surface area contributed by atoms with Gasteiger partial charge in [-0.05, 0) is 0 Å². The van der Waals surface area contributed by atoms with Gasteiger partial charge in [0.1, 0.15) is 24.3 Å². The third-order valence-electron chi connectivity index (χ3n) is 2.12. The number of carbonyl (C=O) groups is 1. The van der Waals surface area contributed by atoms with Gasteiger partial charge in [-0.25, -0.2) is 0 Å². The first-order chi connectivity index (χ1) is 7.30. The Hall–Kier alpha value is -0.730. The molecule has 0 saturated carbocycles. The Morgan fingerprint density at radius 1 is 1.53 bits per heavy atom. The number of ether oxygens (including phenoxy) is 1. The van der Waals surface area contributed by atoms with E-state index in [0.29, 0.717) is 0 Å². The highest BCUT2D eigenvalue weighted by atomic mass is 16.6. The van der Waals surface area contributed by atoms with Gasteiger partial charge >= 0.3 is 0 Å². The molecule has 0 aliphatic carbocycles. The predicted octanol–water partition coefficient (Wildman–Crippen LogP) is -3.08. The lowest BCUT2D eigenvalue weighted by Gasteiger charge is -2.40. The molecule has 0 aromatic rings. The lowest BCUT2D eigenvalue weighted by Crippen LogP contribution is -2.63. The maximum absolute atomic E-state index is 10.8. The van der Waals surface area contributed by atoms with Crippen LogP contribution in [0.4, 0.5) is 0 Å². The molecule has 1 saturated heterocycles. The summed E-state index contributed by atoms with van der Waals surface area (Å²) in [7, 11) is 0. The Bertz CT molecular complexity index is 273. The van der Waals surface area contributed by atoms with E-state index < -0.39 is 43.1 Å². The van der Waals surface area contributed by atoms with Crippen LogP contribution in [0.5, 0.6) is 0 Å². The fourth-order valence-electron chi connectivity index (χ4n) is 1.37. The first kappa shape index (κ1) is 10.8. The summed E-state index contributed by atoms with van der Waals surface area (Å²) in [6.45, 7) is 0.418. The SMILES string of the molecule is [2H][C@@]1(O)[C@H](O)[C@@H](NC(C)=O)C(O)O[C@@H]1CO. The van der Waals surface area contributed by atoms with Crippen LogP contribution in [0.15, 0.2) is 0 Å². The van der Waals surface area contributed by atoms with Gasteiger partial charge in [0, 0.05) is 6.92 Å². The van der Waals surface area contributed by atoms with Gasteiger partial charge in [0.25, 0.3) is 0 Å². The highest BCUT2D eigenvalue weighted by Crippen LogP contribution is 2.19. The summed E-state index contributed by atoms with van der Waals surface area (Å²) in [5, 5.41) is 39.6. The quantitative estimate of drug-likeness (QED) is 0.338. The summed E-state index contributed by atoms with van der Waals surface area (Å²) in [4.78, 5) is 10.8. The zero-order valence-electron chi connectivity index (χ0n) is 9.12. The van der Waals surface area contributed by atoms with Gasteiger partial charge in [-0.15, -0.1) is 0 Å². The number of amides is 1. The zero-order chi connectivity index (χ0) is 12.5. The summed E-state index contributed by atoms with van der Waals surface area (Å²) in [5.74, 6) is -0.551. The smallest absolute Gasteiger partial charge is 0.217 e. The van der Waals surface area contributed by atoms with E-state index in [1.54, 1.807) is 0 Å². The van der Waals surface area contributed by atoms with Crippen molar-refractivity contribution < 1.29 is 31.3 Å². The van der Waals surface area contributed by atoms with Crippen LogP contribution in [0.25, 0.3) is 0 Å². The van der Waals surface area contributed by atoms with E-state index in [1.807, 2.05) is 0 Å². The van der Waals surface area contributed by atoms with Crippen LogP contribution in [-0.2, 0) is 9.53 Å². The summed E-state index contributed by atoms with van der Waals surface area (Å²) in [6, 6.07) is -1.32. The average Bonchev–Trinajstić information content (AvgIpc) is 2.18. The lowest BCUT2D eigenvalue weighted by molar-refractivity contribution is -0.253. The molecule has 1 aliphatic rings. The molecule has 0 bridgehead atoms. The molecule has 7 heteroatoms. The summed E-state index contributed by atoms with van der Waals surface area (Å²) >= 11 is 0. The molecule has 1 heterocycles. The lowest BCUT2D eigenvalue weighted by atomic mass is 9.97. The maximum Gasteiger partial charge on any atom is 0.217 e. The number of aliphatic hydroxyl groups is 4. The fraction of sp³-hybridized carbons (Fsp3) is 0.875. The van der Waals surface area contributed by atoms with Crippen LogP contribution in [0.2, 0.25) is 0 Å². The first-order valence-corrected chi connectivity index (χ1v) is 4.42. The van der Waals surface area contributed by atoms with Crippen molar-refractivity contribution in [2.24, 2.45) is 0 Å². The molecule has 1 amide bonds. The fourth-order valence-corrected chi connectivity index (χ4v) is 1.37. The number of nitrogens with one attached hydrogen (secondary N) is 1. The number of aliphatic hydroxyl groups excluding tert-OH is 3. The second kappa shape index (κ2) is 4.86. The van der Waals surface area contributed by atoms with Crippen molar-refractivity contribution in [3.05, 3.63) is 0 Å². The molecule has 0 aromatic heterocycles. The Morgan fingerprint density at radius 3 is 2.60 bits per heavy atom. The second-order valence-electron chi connectivity index (χ2n) is 3.29. The minimum Gasteiger partial charge on any atom is -0.394 e. The second-order valence-corrected chi connectivity index (χ2v) is 3.29. The van der Waals surface area contributed by atoms with Gasteiger partial charge in [-0.2, -0.15) is 0 Å². The van der Waals surface area contributed by atoms with Crippen molar-refractivity contribution in [1.82, 2.24) is 5.32 Å². The molecular weight excluding hydrogens is 206 g/mol. The molecule has 1 aliphatic heterocycles. The monoisotopic (exact) mass is 222 g/mol.